The highest BCUT2D eigenvalue weighted by atomic mass is 16.6. The molecule has 0 saturated carbocycles. The number of nitrogens with zero attached hydrogens (tertiary/aromatic N) is 2. The SMILES string of the molecule is Cc1cc([N+](=O)[O-])cc2c1N(C)C(=O)C2(O)C1C(=O)Nc2ccccc21. The fourth-order valence-corrected chi connectivity index (χ4v) is 3.98. The lowest BCUT2D eigenvalue weighted by Crippen LogP contribution is -2.45. The van der Waals surface area contributed by atoms with Gasteiger partial charge in [-0.3, -0.25) is 19.7 Å². The molecule has 2 N–H and O–H groups in total. The molecule has 2 aliphatic rings. The number of rotatable bonds is 2. The highest BCUT2D eigenvalue weighted by molar-refractivity contribution is 6.15. The largest absolute Gasteiger partial charge is 0.374 e. The molecular weight excluding hydrogens is 338 g/mol. The van der Waals surface area contributed by atoms with Crippen LogP contribution in [0, 0.1) is 17.0 Å². The van der Waals surface area contributed by atoms with Crippen molar-refractivity contribution in [3.8, 4) is 0 Å². The Morgan fingerprint density at radius 1 is 1.27 bits per heavy atom. The monoisotopic (exact) mass is 353 g/mol. The van der Waals surface area contributed by atoms with E-state index in [1.807, 2.05) is 0 Å². The van der Waals surface area contributed by atoms with Gasteiger partial charge >= 0.3 is 0 Å². The summed E-state index contributed by atoms with van der Waals surface area (Å²) in [5.74, 6) is -2.39. The summed E-state index contributed by atoms with van der Waals surface area (Å²) in [4.78, 5) is 37.5. The predicted octanol–water partition coefficient (Wildman–Crippen LogP) is 1.80. The normalized spacial score (nSPS) is 23.7. The van der Waals surface area contributed by atoms with Crippen molar-refractivity contribution in [2.45, 2.75) is 18.4 Å². The maximum absolute atomic E-state index is 13.0. The van der Waals surface area contributed by atoms with Crippen molar-refractivity contribution in [2.75, 3.05) is 17.3 Å². The molecule has 0 fully saturated rings. The summed E-state index contributed by atoms with van der Waals surface area (Å²) in [6.07, 6.45) is 0. The third-order valence-corrected chi connectivity index (χ3v) is 5.08. The first-order chi connectivity index (χ1) is 12.3. The summed E-state index contributed by atoms with van der Waals surface area (Å²) in [5.41, 5.74) is -0.505. The molecule has 8 nitrogen and oxygen atoms in total. The number of amides is 2. The molecule has 2 amide bonds. The minimum absolute atomic E-state index is 0.0774. The number of nitro groups is 1. The lowest BCUT2D eigenvalue weighted by Gasteiger charge is -2.27. The number of carbonyl (C=O) groups is 2. The Morgan fingerprint density at radius 3 is 2.65 bits per heavy atom. The second-order valence-electron chi connectivity index (χ2n) is 6.56. The maximum Gasteiger partial charge on any atom is 0.270 e. The molecule has 0 spiro atoms. The topological polar surface area (TPSA) is 113 Å². The number of likely N-dealkylation sites (N-methyl/N-ethyl adjacent to an activating group) is 1. The Kier molecular flexibility index (Phi) is 3.19. The van der Waals surface area contributed by atoms with Crippen LogP contribution in [0.4, 0.5) is 17.1 Å². The van der Waals surface area contributed by atoms with E-state index in [9.17, 15) is 24.8 Å². The number of aryl methyl sites for hydroxylation is 1. The molecule has 2 aromatic carbocycles. The number of nitro benzene ring substituents is 1. The predicted molar refractivity (Wildman–Crippen MR) is 93.0 cm³/mol. The lowest BCUT2D eigenvalue weighted by molar-refractivity contribution is -0.385. The van der Waals surface area contributed by atoms with Gasteiger partial charge in [0.1, 0.15) is 5.92 Å². The van der Waals surface area contributed by atoms with E-state index < -0.39 is 28.3 Å². The summed E-state index contributed by atoms with van der Waals surface area (Å²) in [6, 6.07) is 9.30. The Morgan fingerprint density at radius 2 is 1.96 bits per heavy atom. The number of aliphatic hydroxyl groups is 1. The van der Waals surface area contributed by atoms with E-state index in [0.717, 1.165) is 0 Å². The van der Waals surface area contributed by atoms with Crippen LogP contribution in [0.2, 0.25) is 0 Å². The van der Waals surface area contributed by atoms with Crippen LogP contribution in [0.25, 0.3) is 0 Å². The number of non-ortho nitro benzene ring substituents is 1. The fourth-order valence-electron chi connectivity index (χ4n) is 3.98. The zero-order chi connectivity index (χ0) is 18.8. The van der Waals surface area contributed by atoms with E-state index >= 15 is 0 Å². The smallest absolute Gasteiger partial charge is 0.270 e. The van der Waals surface area contributed by atoms with Crippen LogP contribution in [-0.4, -0.2) is 28.9 Å². The molecular formula is C18H15N3O5. The van der Waals surface area contributed by atoms with E-state index in [4.69, 9.17) is 0 Å². The average Bonchev–Trinajstić information content (AvgIpc) is 3.03. The molecule has 132 valence electrons. The number of para-hydroxylation sites is 1. The van der Waals surface area contributed by atoms with E-state index in [-0.39, 0.29) is 11.3 Å². The number of carbonyl (C=O) groups excluding carboxylic acids is 2. The number of fused-ring (bicyclic) bond motifs is 2. The van der Waals surface area contributed by atoms with Gasteiger partial charge in [-0.05, 0) is 24.1 Å². The van der Waals surface area contributed by atoms with Gasteiger partial charge in [0.15, 0.2) is 5.60 Å². The number of hydrogen-bond acceptors (Lipinski definition) is 5. The lowest BCUT2D eigenvalue weighted by atomic mass is 9.78. The van der Waals surface area contributed by atoms with Gasteiger partial charge < -0.3 is 15.3 Å². The quantitative estimate of drug-likeness (QED) is 0.631. The highest BCUT2D eigenvalue weighted by Crippen LogP contribution is 2.53. The van der Waals surface area contributed by atoms with Crippen LogP contribution >= 0.6 is 0 Å². The van der Waals surface area contributed by atoms with Gasteiger partial charge in [-0.2, -0.15) is 0 Å². The van der Waals surface area contributed by atoms with Crippen molar-refractivity contribution in [2.24, 2.45) is 0 Å². The van der Waals surface area contributed by atoms with Crippen LogP contribution in [0.1, 0.15) is 22.6 Å². The molecule has 0 radical (unpaired) electrons. The number of nitrogens with one attached hydrogen (secondary N) is 1. The second kappa shape index (κ2) is 5.12. The van der Waals surface area contributed by atoms with Crippen LogP contribution in [0.15, 0.2) is 36.4 Å². The van der Waals surface area contributed by atoms with E-state index in [0.29, 0.717) is 22.5 Å². The van der Waals surface area contributed by atoms with E-state index in [1.165, 1.54) is 24.1 Å². The minimum Gasteiger partial charge on any atom is -0.374 e. The van der Waals surface area contributed by atoms with Crippen molar-refractivity contribution in [1.82, 2.24) is 0 Å². The molecule has 2 atom stereocenters. The number of hydrogen-bond donors (Lipinski definition) is 2. The fraction of sp³-hybridized carbons (Fsp3) is 0.222. The van der Waals surface area contributed by atoms with Gasteiger partial charge in [-0.1, -0.05) is 18.2 Å². The third-order valence-electron chi connectivity index (χ3n) is 5.08. The Balaban J connectivity index is 2.00. The van der Waals surface area contributed by atoms with Crippen molar-refractivity contribution in [3.05, 3.63) is 63.2 Å². The Hall–Kier alpha value is -3.26. The second-order valence-corrected chi connectivity index (χ2v) is 6.56. The molecule has 0 aliphatic carbocycles. The molecule has 0 bridgehead atoms. The molecule has 2 unspecified atom stereocenters. The average molecular weight is 353 g/mol. The van der Waals surface area contributed by atoms with Gasteiger partial charge in [-0.25, -0.2) is 0 Å². The van der Waals surface area contributed by atoms with Crippen LogP contribution in [0.3, 0.4) is 0 Å². The minimum atomic E-state index is -2.21. The van der Waals surface area contributed by atoms with Gasteiger partial charge in [0.25, 0.3) is 11.6 Å². The highest BCUT2D eigenvalue weighted by Gasteiger charge is 2.59. The summed E-state index contributed by atoms with van der Waals surface area (Å²) in [7, 11) is 1.48. The zero-order valence-electron chi connectivity index (χ0n) is 14.0. The first kappa shape index (κ1) is 16.2. The molecule has 26 heavy (non-hydrogen) atoms. The summed E-state index contributed by atoms with van der Waals surface area (Å²) < 4.78 is 0. The summed E-state index contributed by atoms with van der Waals surface area (Å²) >= 11 is 0. The summed E-state index contributed by atoms with van der Waals surface area (Å²) in [5, 5.41) is 25.4. The Labute approximate surface area is 148 Å². The number of benzene rings is 2. The van der Waals surface area contributed by atoms with Crippen LogP contribution < -0.4 is 10.2 Å². The van der Waals surface area contributed by atoms with Crippen molar-refractivity contribution in [3.63, 3.8) is 0 Å². The van der Waals surface area contributed by atoms with Crippen LogP contribution in [-0.2, 0) is 15.2 Å². The standard InChI is InChI=1S/C18H15N3O5/c1-9-7-10(21(25)26)8-12-15(9)20(2)17(23)18(12,24)14-11-5-3-4-6-13(11)19-16(14)22/h3-8,14,24H,1-2H3,(H,19,22). The molecule has 2 aromatic rings. The van der Waals surface area contributed by atoms with Gasteiger partial charge in [0.2, 0.25) is 5.91 Å². The van der Waals surface area contributed by atoms with Gasteiger partial charge in [0, 0.05) is 30.4 Å². The first-order valence-electron chi connectivity index (χ1n) is 7.96. The van der Waals surface area contributed by atoms with Gasteiger partial charge in [0.05, 0.1) is 10.6 Å². The van der Waals surface area contributed by atoms with Crippen molar-refractivity contribution < 1.29 is 19.6 Å². The summed E-state index contributed by atoms with van der Waals surface area (Å²) in [6.45, 7) is 1.63. The first-order valence-corrected chi connectivity index (χ1v) is 7.96. The molecule has 2 heterocycles. The molecule has 4 rings (SSSR count). The third kappa shape index (κ3) is 1.87. The molecule has 2 aliphatic heterocycles. The van der Waals surface area contributed by atoms with Crippen molar-refractivity contribution in [1.29, 1.82) is 0 Å². The van der Waals surface area contributed by atoms with Gasteiger partial charge in [-0.15, -0.1) is 0 Å². The van der Waals surface area contributed by atoms with Crippen LogP contribution in [0.5, 0.6) is 0 Å². The van der Waals surface area contributed by atoms with E-state index in [2.05, 4.69) is 5.32 Å². The molecule has 0 aromatic heterocycles. The van der Waals surface area contributed by atoms with E-state index in [1.54, 1.807) is 31.2 Å². The zero-order valence-corrected chi connectivity index (χ0v) is 14.0. The number of anilines is 2. The molecule has 8 heteroatoms. The molecule has 0 saturated heterocycles. The van der Waals surface area contributed by atoms with Crippen molar-refractivity contribution >= 4 is 28.9 Å². The Bertz CT molecular complexity index is 1000. The maximum atomic E-state index is 13.0.